The van der Waals surface area contributed by atoms with Gasteiger partial charge in [0, 0.05) is 37.1 Å². The Morgan fingerprint density at radius 2 is 1.53 bits per heavy atom. The number of nitrogens with zero attached hydrogens (tertiary/aromatic N) is 4. The van der Waals surface area contributed by atoms with Crippen molar-refractivity contribution in [3.8, 4) is 0 Å². The molecule has 3 aromatic rings. The van der Waals surface area contributed by atoms with E-state index in [0.29, 0.717) is 48.8 Å². The van der Waals surface area contributed by atoms with Gasteiger partial charge in [-0.05, 0) is 60.4 Å². The molecule has 0 unspecified atom stereocenters. The molecule has 2 aromatic carbocycles. The highest BCUT2D eigenvalue weighted by Crippen LogP contribution is 2.43. The largest absolute Gasteiger partial charge is 0.465 e. The summed E-state index contributed by atoms with van der Waals surface area (Å²) in [7, 11) is 0. The predicted molar refractivity (Wildman–Crippen MR) is 158 cm³/mol. The first-order valence-corrected chi connectivity index (χ1v) is 15.6. The summed E-state index contributed by atoms with van der Waals surface area (Å²) in [4.78, 5) is 23.8. The molecular formula is C30H28F9N5O2S. The van der Waals surface area contributed by atoms with Crippen LogP contribution in [-0.2, 0) is 24.9 Å². The molecule has 0 saturated carbocycles. The first kappa shape index (κ1) is 34.4. The molecule has 254 valence electrons. The standard InChI is InChI=1S/C30H28F9N5O2S/c1-2-20-14-22(21-13-17(28(31,32)33)3-4-24(21)44(20)27(45)46)41-26-40-15-25(43-5-7-47-8-6-43)23(42-26)11-16-9-18(29(34,35)36)12-19(10-16)30(37,38)39/h3-4,9-10,12-13,15,20,22H,2,5-8,11,14H2,1H3,(H,45,46)(H,40,41,42)/t20-,22+/m1/s1. The van der Waals surface area contributed by atoms with Gasteiger partial charge < -0.3 is 15.3 Å². The molecule has 5 rings (SSSR count). The summed E-state index contributed by atoms with van der Waals surface area (Å²) >= 11 is 1.67. The van der Waals surface area contributed by atoms with Crippen molar-refractivity contribution in [3.05, 3.63) is 76.1 Å². The number of hydrogen-bond acceptors (Lipinski definition) is 6. The monoisotopic (exact) mass is 693 g/mol. The molecule has 0 bridgehead atoms. The fourth-order valence-corrected chi connectivity index (χ4v) is 6.73. The van der Waals surface area contributed by atoms with Crippen molar-refractivity contribution in [2.75, 3.05) is 39.7 Å². The molecule has 2 atom stereocenters. The smallest absolute Gasteiger partial charge is 0.416 e. The number of fused-ring (bicyclic) bond motifs is 1. The van der Waals surface area contributed by atoms with Crippen molar-refractivity contribution in [2.45, 2.75) is 56.8 Å². The van der Waals surface area contributed by atoms with Crippen LogP contribution in [0.15, 0.2) is 42.6 Å². The maximum absolute atomic E-state index is 13.7. The van der Waals surface area contributed by atoms with Crippen LogP contribution in [-0.4, -0.2) is 51.8 Å². The average molecular weight is 694 g/mol. The summed E-state index contributed by atoms with van der Waals surface area (Å²) in [6, 6.07) is 2.46. The van der Waals surface area contributed by atoms with Gasteiger partial charge in [-0.25, -0.2) is 14.8 Å². The van der Waals surface area contributed by atoms with Crippen molar-refractivity contribution in [1.29, 1.82) is 0 Å². The van der Waals surface area contributed by atoms with E-state index in [1.165, 1.54) is 6.20 Å². The second kappa shape index (κ2) is 13.0. The number of rotatable bonds is 6. The number of benzene rings is 2. The lowest BCUT2D eigenvalue weighted by Crippen LogP contribution is -2.45. The number of anilines is 3. The van der Waals surface area contributed by atoms with Crippen LogP contribution in [0.2, 0.25) is 0 Å². The zero-order valence-corrected chi connectivity index (χ0v) is 25.4. The zero-order valence-electron chi connectivity index (χ0n) is 24.6. The number of amides is 1. The van der Waals surface area contributed by atoms with Crippen molar-refractivity contribution in [3.63, 3.8) is 0 Å². The summed E-state index contributed by atoms with van der Waals surface area (Å²) in [5, 5.41) is 12.8. The first-order chi connectivity index (χ1) is 22.0. The van der Waals surface area contributed by atoms with E-state index in [2.05, 4.69) is 15.3 Å². The topological polar surface area (TPSA) is 81.6 Å². The highest BCUT2D eigenvalue weighted by Gasteiger charge is 2.40. The molecule has 7 nitrogen and oxygen atoms in total. The van der Waals surface area contributed by atoms with Gasteiger partial charge in [-0.15, -0.1) is 0 Å². The first-order valence-electron chi connectivity index (χ1n) is 14.4. The van der Waals surface area contributed by atoms with Crippen LogP contribution in [0.1, 0.15) is 59.3 Å². The lowest BCUT2D eigenvalue weighted by molar-refractivity contribution is -0.143. The predicted octanol–water partition coefficient (Wildman–Crippen LogP) is 8.50. The Balaban J connectivity index is 1.58. The number of carboxylic acid groups (broad SMARTS) is 1. The number of nitrogens with one attached hydrogen (secondary N) is 1. The molecule has 2 N–H and O–H groups in total. The van der Waals surface area contributed by atoms with Crippen molar-refractivity contribution in [2.24, 2.45) is 0 Å². The van der Waals surface area contributed by atoms with Crippen LogP contribution in [0, 0.1) is 0 Å². The normalized spacial score (nSPS) is 19.0. The van der Waals surface area contributed by atoms with Gasteiger partial charge in [0.15, 0.2) is 0 Å². The molecule has 0 radical (unpaired) electrons. The molecule has 0 spiro atoms. The number of carbonyl (C=O) groups is 1. The second-order valence-corrected chi connectivity index (χ2v) is 12.4. The molecule has 1 fully saturated rings. The molecule has 47 heavy (non-hydrogen) atoms. The minimum absolute atomic E-state index is 0.0157. The van der Waals surface area contributed by atoms with Gasteiger partial charge in [-0.1, -0.05) is 6.92 Å². The summed E-state index contributed by atoms with van der Waals surface area (Å²) in [6.45, 7) is 2.75. The second-order valence-electron chi connectivity index (χ2n) is 11.1. The summed E-state index contributed by atoms with van der Waals surface area (Å²) in [5.74, 6) is 1.28. The number of alkyl halides is 9. The van der Waals surface area contributed by atoms with Crippen LogP contribution in [0.25, 0.3) is 0 Å². The molecule has 2 aliphatic rings. The molecule has 1 aromatic heterocycles. The lowest BCUT2D eigenvalue weighted by Gasteiger charge is -2.39. The van der Waals surface area contributed by atoms with E-state index in [0.717, 1.165) is 23.1 Å². The van der Waals surface area contributed by atoms with Crippen molar-refractivity contribution >= 4 is 35.2 Å². The third kappa shape index (κ3) is 7.65. The maximum Gasteiger partial charge on any atom is 0.416 e. The minimum atomic E-state index is -5.05. The van der Waals surface area contributed by atoms with Gasteiger partial charge in [0.2, 0.25) is 5.95 Å². The van der Waals surface area contributed by atoms with E-state index < -0.39 is 59.8 Å². The van der Waals surface area contributed by atoms with Crippen molar-refractivity contribution < 1.29 is 49.4 Å². The van der Waals surface area contributed by atoms with Gasteiger partial charge in [0.05, 0.1) is 46.0 Å². The minimum Gasteiger partial charge on any atom is -0.465 e. The Morgan fingerprint density at radius 3 is 2.09 bits per heavy atom. The molecule has 17 heteroatoms. The SMILES string of the molecule is CC[C@@H]1C[C@H](Nc2ncc(N3CCSCC3)c(Cc3cc(C(F)(F)F)cc(C(F)(F)F)c3)n2)c2cc(C(F)(F)F)ccc2N1C(=O)O. The maximum atomic E-state index is 13.7. The zero-order chi connectivity index (χ0) is 34.3. The number of hydrogen-bond donors (Lipinski definition) is 2. The van der Waals surface area contributed by atoms with E-state index in [9.17, 15) is 49.4 Å². The van der Waals surface area contributed by atoms with Gasteiger partial charge >= 0.3 is 24.6 Å². The van der Waals surface area contributed by atoms with Crippen LogP contribution in [0.4, 0.5) is 61.6 Å². The third-order valence-electron chi connectivity index (χ3n) is 8.06. The van der Waals surface area contributed by atoms with Gasteiger partial charge in [0.1, 0.15) is 0 Å². The summed E-state index contributed by atoms with van der Waals surface area (Å²) in [6.07, 6.45) is -14.9. The molecular weight excluding hydrogens is 665 g/mol. The molecule has 1 saturated heterocycles. The number of halogens is 9. The van der Waals surface area contributed by atoms with E-state index in [-0.39, 0.29) is 40.9 Å². The van der Waals surface area contributed by atoms with E-state index in [1.807, 2.05) is 4.90 Å². The quantitative estimate of drug-likeness (QED) is 0.251. The van der Waals surface area contributed by atoms with Gasteiger partial charge in [0.25, 0.3) is 0 Å². The molecule has 0 aliphatic carbocycles. The number of aromatic nitrogens is 2. The Labute approximate surface area is 267 Å². The number of thioether (sulfide) groups is 1. The third-order valence-corrected chi connectivity index (χ3v) is 9.00. The summed E-state index contributed by atoms with van der Waals surface area (Å²) < 4.78 is 123. The Morgan fingerprint density at radius 1 is 0.915 bits per heavy atom. The van der Waals surface area contributed by atoms with Crippen LogP contribution >= 0.6 is 11.8 Å². The fraction of sp³-hybridized carbons (Fsp3) is 0.433. The van der Waals surface area contributed by atoms with Crippen molar-refractivity contribution in [1.82, 2.24) is 9.97 Å². The summed E-state index contributed by atoms with van der Waals surface area (Å²) in [5.41, 5.74) is -3.69. The van der Waals surface area contributed by atoms with Gasteiger partial charge in [-0.2, -0.15) is 51.3 Å². The molecule has 2 aliphatic heterocycles. The van der Waals surface area contributed by atoms with Crippen LogP contribution < -0.4 is 15.1 Å². The van der Waals surface area contributed by atoms with Crippen LogP contribution in [0.5, 0.6) is 0 Å². The average Bonchev–Trinajstić information content (AvgIpc) is 2.99. The highest BCUT2D eigenvalue weighted by atomic mass is 32.2. The van der Waals surface area contributed by atoms with Gasteiger partial charge in [-0.3, -0.25) is 4.90 Å². The molecule has 1 amide bonds. The van der Waals surface area contributed by atoms with E-state index >= 15 is 0 Å². The molecule has 3 heterocycles. The Kier molecular flexibility index (Phi) is 9.50. The van der Waals surface area contributed by atoms with E-state index in [4.69, 9.17) is 0 Å². The fourth-order valence-electron chi connectivity index (χ4n) is 5.83. The Hall–Kier alpha value is -3.89. The van der Waals surface area contributed by atoms with Crippen LogP contribution in [0.3, 0.4) is 0 Å². The van der Waals surface area contributed by atoms with E-state index in [1.54, 1.807) is 18.7 Å². The lowest BCUT2D eigenvalue weighted by atomic mass is 9.89. The Bertz CT molecular complexity index is 1590. The highest BCUT2D eigenvalue weighted by molar-refractivity contribution is 7.99.